The van der Waals surface area contributed by atoms with Crippen molar-refractivity contribution in [2.75, 3.05) is 19.8 Å². The van der Waals surface area contributed by atoms with Gasteiger partial charge in [0.25, 0.3) is 0 Å². The quantitative estimate of drug-likeness (QED) is 0.252. The molecule has 1 saturated carbocycles. The highest BCUT2D eigenvalue weighted by atomic mass is 16.5. The fourth-order valence-electron chi connectivity index (χ4n) is 2.11. The van der Waals surface area contributed by atoms with Crippen LogP contribution in [-0.2, 0) is 4.74 Å². The van der Waals surface area contributed by atoms with Crippen molar-refractivity contribution in [3.63, 3.8) is 0 Å². The minimum atomic E-state index is -1.90. The van der Waals surface area contributed by atoms with E-state index in [1.807, 2.05) is 0 Å². The van der Waals surface area contributed by atoms with Crippen molar-refractivity contribution < 1.29 is 35.1 Å². The second kappa shape index (κ2) is 6.46. The minimum Gasteiger partial charge on any atom is -0.448 e. The summed E-state index contributed by atoms with van der Waals surface area (Å²) >= 11 is 0. The molecule has 5 atom stereocenters. The minimum absolute atomic E-state index is 0.0469. The zero-order chi connectivity index (χ0) is 14.6. The number of aliphatic hydroxyl groups is 5. The summed E-state index contributed by atoms with van der Waals surface area (Å²) in [4.78, 5) is 10.3. The van der Waals surface area contributed by atoms with Crippen molar-refractivity contribution in [1.29, 1.82) is 0 Å². The van der Waals surface area contributed by atoms with Crippen LogP contribution in [0.15, 0.2) is 0 Å². The fraction of sp³-hybridized carbons (Fsp3) is 0.900. The number of carbonyl (C=O) groups excluding carboxylic acids is 1. The molecule has 0 aromatic rings. The first kappa shape index (κ1) is 16.1. The maximum absolute atomic E-state index is 10.3. The van der Waals surface area contributed by atoms with E-state index in [9.17, 15) is 25.2 Å². The zero-order valence-electron chi connectivity index (χ0n) is 10.3. The van der Waals surface area contributed by atoms with Gasteiger partial charge in [-0.05, 0) is 6.42 Å². The highest BCUT2D eigenvalue weighted by molar-refractivity contribution is 5.64. The van der Waals surface area contributed by atoms with Crippen LogP contribution in [0.3, 0.4) is 0 Å². The van der Waals surface area contributed by atoms with Gasteiger partial charge in [0, 0.05) is 12.6 Å². The summed E-state index contributed by atoms with van der Waals surface area (Å²) in [6.07, 6.45) is -5.67. The molecule has 0 radical (unpaired) electrons. The molecule has 19 heavy (non-hydrogen) atoms. The predicted octanol–water partition coefficient (Wildman–Crippen LogP) is -3.75. The Labute approximate surface area is 109 Å². The Bertz CT molecular complexity index is 316. The summed E-state index contributed by atoms with van der Waals surface area (Å²) in [6.45, 7) is -0.669. The summed E-state index contributed by atoms with van der Waals surface area (Å²) in [5.41, 5.74) is 2.86. The molecule has 1 aliphatic carbocycles. The van der Waals surface area contributed by atoms with Gasteiger partial charge in [0.1, 0.15) is 24.4 Å². The fourth-order valence-corrected chi connectivity index (χ4v) is 2.11. The van der Waals surface area contributed by atoms with Crippen LogP contribution in [0.4, 0.5) is 4.79 Å². The lowest BCUT2D eigenvalue weighted by molar-refractivity contribution is -0.206. The Morgan fingerprint density at radius 1 is 1.37 bits per heavy atom. The van der Waals surface area contributed by atoms with E-state index < -0.39 is 42.7 Å². The van der Waals surface area contributed by atoms with Gasteiger partial charge in [-0.3, -0.25) is 0 Å². The van der Waals surface area contributed by atoms with E-state index in [-0.39, 0.29) is 19.6 Å². The number of rotatable bonds is 5. The first-order valence-electron chi connectivity index (χ1n) is 5.85. The Morgan fingerprint density at radius 2 is 2.00 bits per heavy atom. The molecular formula is C10H20N2O7. The molecule has 1 aliphatic rings. The first-order valence-corrected chi connectivity index (χ1v) is 5.85. The number of nitrogens with two attached hydrogens (primary N) is 1. The molecule has 0 aliphatic heterocycles. The highest BCUT2D eigenvalue weighted by Gasteiger charge is 2.50. The van der Waals surface area contributed by atoms with Crippen molar-refractivity contribution in [3.05, 3.63) is 0 Å². The number of primary amides is 1. The van der Waals surface area contributed by atoms with E-state index in [4.69, 9.17) is 10.8 Å². The van der Waals surface area contributed by atoms with Gasteiger partial charge in [-0.25, -0.2) is 4.79 Å². The molecule has 1 fully saturated rings. The summed E-state index contributed by atoms with van der Waals surface area (Å²) in [6, 6.07) is -0.771. The molecule has 0 spiro atoms. The molecule has 0 bridgehead atoms. The van der Waals surface area contributed by atoms with E-state index >= 15 is 0 Å². The van der Waals surface area contributed by atoms with Crippen LogP contribution in [0.25, 0.3) is 0 Å². The van der Waals surface area contributed by atoms with Crippen molar-refractivity contribution in [1.82, 2.24) is 5.32 Å². The third-order valence-corrected chi connectivity index (χ3v) is 3.24. The van der Waals surface area contributed by atoms with Gasteiger partial charge in [0.2, 0.25) is 0 Å². The van der Waals surface area contributed by atoms with Crippen molar-refractivity contribution >= 4 is 6.09 Å². The topological polar surface area (TPSA) is 166 Å². The lowest BCUT2D eigenvalue weighted by atomic mass is 9.76. The molecule has 0 aromatic heterocycles. The third-order valence-electron chi connectivity index (χ3n) is 3.24. The third kappa shape index (κ3) is 3.75. The van der Waals surface area contributed by atoms with Crippen LogP contribution in [0.2, 0.25) is 0 Å². The number of hydrogen-bond acceptors (Lipinski definition) is 8. The smallest absolute Gasteiger partial charge is 0.404 e. The Hall–Kier alpha value is -0.970. The standard InChI is InChI=1S/C10H20N2O7/c11-9(17)19-2-1-12-5-3-10(18,4-13)8(16)7(15)6(5)14/h5-8,12-16,18H,1-4H2,(H2,11,17)/t5-,6-,7+,8-,10-/m0/s1. The van der Waals surface area contributed by atoms with Gasteiger partial charge in [0.05, 0.1) is 12.7 Å². The van der Waals surface area contributed by atoms with Crippen LogP contribution < -0.4 is 11.1 Å². The number of aliphatic hydroxyl groups excluding tert-OH is 4. The number of hydrogen-bond donors (Lipinski definition) is 7. The maximum Gasteiger partial charge on any atom is 0.404 e. The normalized spacial score (nSPS) is 39.0. The van der Waals surface area contributed by atoms with Crippen LogP contribution in [0, 0.1) is 0 Å². The van der Waals surface area contributed by atoms with E-state index in [0.29, 0.717) is 0 Å². The lowest BCUT2D eigenvalue weighted by Gasteiger charge is -2.45. The van der Waals surface area contributed by atoms with Gasteiger partial charge in [0.15, 0.2) is 0 Å². The maximum atomic E-state index is 10.3. The largest absolute Gasteiger partial charge is 0.448 e. The average molecular weight is 280 g/mol. The van der Waals surface area contributed by atoms with Gasteiger partial charge in [-0.1, -0.05) is 0 Å². The Kier molecular flexibility index (Phi) is 5.47. The van der Waals surface area contributed by atoms with E-state index in [2.05, 4.69) is 10.1 Å². The molecular weight excluding hydrogens is 260 g/mol. The average Bonchev–Trinajstić information content (AvgIpc) is 2.37. The molecule has 1 rings (SSSR count). The number of carbonyl (C=O) groups is 1. The molecule has 0 saturated heterocycles. The van der Waals surface area contributed by atoms with Crippen LogP contribution in [0.1, 0.15) is 6.42 Å². The molecule has 8 N–H and O–H groups in total. The molecule has 0 aromatic carbocycles. The van der Waals surface area contributed by atoms with Crippen molar-refractivity contribution in [2.24, 2.45) is 5.73 Å². The molecule has 9 heteroatoms. The summed E-state index contributed by atoms with van der Waals surface area (Å²) in [5.74, 6) is 0. The predicted molar refractivity (Wildman–Crippen MR) is 62.0 cm³/mol. The summed E-state index contributed by atoms with van der Waals surface area (Å²) in [5, 5.41) is 50.7. The monoisotopic (exact) mass is 280 g/mol. The second-order valence-electron chi connectivity index (χ2n) is 4.62. The van der Waals surface area contributed by atoms with Crippen molar-refractivity contribution in [2.45, 2.75) is 36.4 Å². The van der Waals surface area contributed by atoms with E-state index in [0.717, 1.165) is 0 Å². The van der Waals surface area contributed by atoms with Crippen LogP contribution in [-0.4, -0.2) is 81.3 Å². The number of amides is 1. The van der Waals surface area contributed by atoms with Crippen LogP contribution >= 0.6 is 0 Å². The second-order valence-corrected chi connectivity index (χ2v) is 4.62. The van der Waals surface area contributed by atoms with Gasteiger partial charge in [-0.2, -0.15) is 0 Å². The lowest BCUT2D eigenvalue weighted by Crippen LogP contribution is -2.67. The molecule has 0 heterocycles. The SMILES string of the molecule is NC(=O)OCCN[C@H]1C[C@](O)(CO)[C@@H](O)[C@H](O)[C@H]1O. The number of nitrogens with one attached hydrogen (secondary N) is 1. The van der Waals surface area contributed by atoms with Gasteiger partial charge < -0.3 is 41.3 Å². The molecule has 112 valence electrons. The summed E-state index contributed by atoms with van der Waals surface area (Å²) in [7, 11) is 0. The highest BCUT2D eigenvalue weighted by Crippen LogP contribution is 2.29. The molecule has 9 nitrogen and oxygen atoms in total. The Balaban J connectivity index is 2.55. The summed E-state index contributed by atoms with van der Waals surface area (Å²) < 4.78 is 4.47. The van der Waals surface area contributed by atoms with E-state index in [1.165, 1.54) is 0 Å². The Morgan fingerprint density at radius 3 is 2.53 bits per heavy atom. The molecule has 0 unspecified atom stereocenters. The van der Waals surface area contributed by atoms with Crippen LogP contribution in [0.5, 0.6) is 0 Å². The van der Waals surface area contributed by atoms with Gasteiger partial charge in [-0.15, -0.1) is 0 Å². The van der Waals surface area contributed by atoms with Gasteiger partial charge >= 0.3 is 6.09 Å². The first-order chi connectivity index (χ1) is 8.81. The number of ether oxygens (including phenoxy) is 1. The zero-order valence-corrected chi connectivity index (χ0v) is 10.3. The van der Waals surface area contributed by atoms with E-state index in [1.54, 1.807) is 0 Å². The molecule has 1 amide bonds. The van der Waals surface area contributed by atoms with Crippen molar-refractivity contribution in [3.8, 4) is 0 Å².